The summed E-state index contributed by atoms with van der Waals surface area (Å²) in [6.45, 7) is 5.87. The zero-order valence-electron chi connectivity index (χ0n) is 9.47. The van der Waals surface area contributed by atoms with Gasteiger partial charge in [-0.05, 0) is 38.1 Å². The Kier molecular flexibility index (Phi) is 3.13. The molecule has 2 rings (SSSR count). The highest BCUT2D eigenvalue weighted by Gasteiger charge is 2.44. The summed E-state index contributed by atoms with van der Waals surface area (Å²) in [5.41, 5.74) is 6.33. The molecule has 0 aromatic carbocycles. The Balaban J connectivity index is 1.77. The minimum absolute atomic E-state index is 0.715. The average Bonchev–Trinajstić information content (AvgIpc) is 2.16. The predicted octanol–water partition coefficient (Wildman–Crippen LogP) is 1.99. The first-order chi connectivity index (χ1) is 6.76. The van der Waals surface area contributed by atoms with Crippen LogP contribution in [-0.2, 0) is 0 Å². The molecule has 1 spiro atoms. The van der Waals surface area contributed by atoms with Crippen molar-refractivity contribution in [3.63, 3.8) is 0 Å². The molecule has 2 aliphatic rings. The SMILES string of the molecule is CC(CCN)N1CC2(CCCCC2)C1. The van der Waals surface area contributed by atoms with Crippen LogP contribution in [0, 0.1) is 5.41 Å². The van der Waals surface area contributed by atoms with Crippen LogP contribution in [0.3, 0.4) is 0 Å². The number of rotatable bonds is 3. The average molecular weight is 196 g/mol. The van der Waals surface area contributed by atoms with Gasteiger partial charge in [0.15, 0.2) is 0 Å². The van der Waals surface area contributed by atoms with Crippen molar-refractivity contribution in [2.45, 2.75) is 51.5 Å². The van der Waals surface area contributed by atoms with Crippen LogP contribution in [0.5, 0.6) is 0 Å². The number of hydrogen-bond acceptors (Lipinski definition) is 2. The molecule has 0 aromatic rings. The molecule has 2 N–H and O–H groups in total. The summed E-state index contributed by atoms with van der Waals surface area (Å²) in [5.74, 6) is 0. The van der Waals surface area contributed by atoms with Crippen molar-refractivity contribution in [2.75, 3.05) is 19.6 Å². The lowest BCUT2D eigenvalue weighted by Crippen LogP contribution is -2.60. The van der Waals surface area contributed by atoms with E-state index in [0.717, 1.165) is 18.4 Å². The summed E-state index contributed by atoms with van der Waals surface area (Å²) < 4.78 is 0. The maximum absolute atomic E-state index is 5.59. The Morgan fingerprint density at radius 1 is 1.21 bits per heavy atom. The fourth-order valence-corrected chi connectivity index (χ4v) is 3.17. The van der Waals surface area contributed by atoms with Gasteiger partial charge in [0.1, 0.15) is 0 Å². The Morgan fingerprint density at radius 2 is 1.86 bits per heavy atom. The van der Waals surface area contributed by atoms with Gasteiger partial charge in [0.05, 0.1) is 0 Å². The smallest absolute Gasteiger partial charge is 0.00794 e. The predicted molar refractivity (Wildman–Crippen MR) is 60.2 cm³/mol. The Labute approximate surface area is 87.8 Å². The highest BCUT2D eigenvalue weighted by atomic mass is 15.2. The monoisotopic (exact) mass is 196 g/mol. The van der Waals surface area contributed by atoms with Crippen LogP contribution < -0.4 is 5.73 Å². The van der Waals surface area contributed by atoms with Crippen LogP contribution in [0.1, 0.15) is 45.4 Å². The van der Waals surface area contributed by atoms with E-state index in [9.17, 15) is 0 Å². The van der Waals surface area contributed by atoms with Crippen molar-refractivity contribution >= 4 is 0 Å². The molecular weight excluding hydrogens is 172 g/mol. The van der Waals surface area contributed by atoms with E-state index in [4.69, 9.17) is 5.73 Å². The highest BCUT2D eigenvalue weighted by Crippen LogP contribution is 2.44. The van der Waals surface area contributed by atoms with Crippen molar-refractivity contribution in [1.29, 1.82) is 0 Å². The normalized spacial score (nSPS) is 28.7. The molecule has 1 atom stereocenters. The first-order valence-electron chi connectivity index (χ1n) is 6.20. The Bertz CT molecular complexity index is 177. The van der Waals surface area contributed by atoms with Gasteiger partial charge in [0.2, 0.25) is 0 Å². The van der Waals surface area contributed by atoms with Crippen molar-refractivity contribution < 1.29 is 0 Å². The van der Waals surface area contributed by atoms with Crippen molar-refractivity contribution in [2.24, 2.45) is 11.1 Å². The molecule has 1 unspecified atom stereocenters. The van der Waals surface area contributed by atoms with Crippen molar-refractivity contribution in [1.82, 2.24) is 4.90 Å². The van der Waals surface area contributed by atoms with Crippen molar-refractivity contribution in [3.8, 4) is 0 Å². The summed E-state index contributed by atoms with van der Waals surface area (Å²) in [7, 11) is 0. The summed E-state index contributed by atoms with van der Waals surface area (Å²) in [4.78, 5) is 2.62. The Morgan fingerprint density at radius 3 is 2.43 bits per heavy atom. The molecule has 1 heterocycles. The minimum atomic E-state index is 0.715. The van der Waals surface area contributed by atoms with E-state index in [2.05, 4.69) is 11.8 Å². The number of hydrogen-bond donors (Lipinski definition) is 1. The molecule has 0 aromatic heterocycles. The van der Waals surface area contributed by atoms with Gasteiger partial charge in [-0.25, -0.2) is 0 Å². The zero-order valence-corrected chi connectivity index (χ0v) is 9.47. The molecule has 0 amide bonds. The van der Waals surface area contributed by atoms with Gasteiger partial charge in [-0.15, -0.1) is 0 Å². The van der Waals surface area contributed by atoms with Crippen LogP contribution >= 0.6 is 0 Å². The molecule has 1 saturated heterocycles. The van der Waals surface area contributed by atoms with Crippen LogP contribution in [-0.4, -0.2) is 30.6 Å². The number of likely N-dealkylation sites (tertiary alicyclic amines) is 1. The first kappa shape index (κ1) is 10.4. The van der Waals surface area contributed by atoms with E-state index < -0.39 is 0 Å². The second-order valence-electron chi connectivity index (χ2n) is 5.39. The maximum atomic E-state index is 5.59. The molecule has 2 heteroatoms. The number of nitrogens with zero attached hydrogens (tertiary/aromatic N) is 1. The van der Waals surface area contributed by atoms with Gasteiger partial charge in [-0.2, -0.15) is 0 Å². The van der Waals surface area contributed by atoms with Crippen molar-refractivity contribution in [3.05, 3.63) is 0 Å². The Hall–Kier alpha value is -0.0800. The van der Waals surface area contributed by atoms with Gasteiger partial charge in [-0.3, -0.25) is 4.90 Å². The first-order valence-corrected chi connectivity index (χ1v) is 6.20. The van der Waals surface area contributed by atoms with Crippen LogP contribution in [0.15, 0.2) is 0 Å². The van der Waals surface area contributed by atoms with Gasteiger partial charge in [0, 0.05) is 19.1 Å². The van der Waals surface area contributed by atoms with E-state index in [1.807, 2.05) is 0 Å². The molecule has 1 aliphatic carbocycles. The maximum Gasteiger partial charge on any atom is 0.00794 e. The third-order valence-corrected chi connectivity index (χ3v) is 4.20. The van der Waals surface area contributed by atoms with Crippen LogP contribution in [0.4, 0.5) is 0 Å². The third-order valence-electron chi connectivity index (χ3n) is 4.20. The summed E-state index contributed by atoms with van der Waals surface area (Å²) >= 11 is 0. The van der Waals surface area contributed by atoms with Crippen LogP contribution in [0.25, 0.3) is 0 Å². The summed E-state index contributed by atoms with van der Waals surface area (Å²) in [6.07, 6.45) is 8.55. The molecule has 2 nitrogen and oxygen atoms in total. The molecule has 0 radical (unpaired) electrons. The summed E-state index contributed by atoms with van der Waals surface area (Å²) in [6, 6.07) is 0.715. The summed E-state index contributed by atoms with van der Waals surface area (Å²) in [5, 5.41) is 0. The largest absolute Gasteiger partial charge is 0.330 e. The molecule has 2 fully saturated rings. The lowest BCUT2D eigenvalue weighted by atomic mass is 9.68. The lowest BCUT2D eigenvalue weighted by Gasteiger charge is -2.55. The topological polar surface area (TPSA) is 29.3 Å². The third kappa shape index (κ3) is 1.96. The van der Waals surface area contributed by atoms with E-state index in [1.165, 1.54) is 45.2 Å². The fourth-order valence-electron chi connectivity index (χ4n) is 3.17. The van der Waals surface area contributed by atoms with Gasteiger partial charge in [-0.1, -0.05) is 19.3 Å². The van der Waals surface area contributed by atoms with Gasteiger partial charge < -0.3 is 5.73 Å². The minimum Gasteiger partial charge on any atom is -0.330 e. The molecule has 1 saturated carbocycles. The van der Waals surface area contributed by atoms with E-state index in [-0.39, 0.29) is 0 Å². The standard InChI is InChI=1S/C12H24N2/c1-11(5-8-13)14-9-12(10-14)6-3-2-4-7-12/h11H,2-10,13H2,1H3. The molecule has 1 aliphatic heterocycles. The highest BCUT2D eigenvalue weighted by molar-refractivity contribution is 4.98. The molecule has 0 bridgehead atoms. The van der Waals surface area contributed by atoms with Gasteiger partial charge in [0.25, 0.3) is 0 Å². The fraction of sp³-hybridized carbons (Fsp3) is 1.00. The number of nitrogens with two attached hydrogens (primary N) is 1. The lowest BCUT2D eigenvalue weighted by molar-refractivity contribution is -0.0518. The zero-order chi connectivity index (χ0) is 10.0. The van der Waals surface area contributed by atoms with E-state index in [0.29, 0.717) is 6.04 Å². The van der Waals surface area contributed by atoms with E-state index in [1.54, 1.807) is 0 Å². The molecule has 82 valence electrons. The second kappa shape index (κ2) is 4.19. The van der Waals surface area contributed by atoms with Crippen LogP contribution in [0.2, 0.25) is 0 Å². The van der Waals surface area contributed by atoms with Gasteiger partial charge >= 0.3 is 0 Å². The molecular formula is C12H24N2. The second-order valence-corrected chi connectivity index (χ2v) is 5.39. The molecule has 14 heavy (non-hydrogen) atoms. The quantitative estimate of drug-likeness (QED) is 0.748. The van der Waals surface area contributed by atoms with E-state index >= 15 is 0 Å².